The molecule has 2 aromatic heterocycles. The fourth-order valence-corrected chi connectivity index (χ4v) is 4.12. The molecule has 0 aliphatic carbocycles. The van der Waals surface area contributed by atoms with E-state index in [2.05, 4.69) is 20.9 Å². The van der Waals surface area contributed by atoms with Gasteiger partial charge < -0.3 is 9.80 Å². The zero-order valence-electron chi connectivity index (χ0n) is 15.2. The van der Waals surface area contributed by atoms with Crippen LogP contribution in [0.5, 0.6) is 0 Å². The number of hydrogen-bond donors (Lipinski definition) is 0. The Kier molecular flexibility index (Phi) is 5.14. The quantitative estimate of drug-likeness (QED) is 0.850. The van der Waals surface area contributed by atoms with E-state index in [-0.39, 0.29) is 5.91 Å². The molecule has 4 heterocycles. The highest BCUT2D eigenvalue weighted by Crippen LogP contribution is 2.24. The molecule has 0 saturated carbocycles. The lowest BCUT2D eigenvalue weighted by atomic mass is 9.91. The minimum absolute atomic E-state index is 0.142. The molecule has 5 heteroatoms. The molecule has 0 unspecified atom stereocenters. The van der Waals surface area contributed by atoms with Crippen molar-refractivity contribution < 1.29 is 4.79 Å². The van der Waals surface area contributed by atoms with Crippen molar-refractivity contribution in [3.05, 3.63) is 54.0 Å². The van der Waals surface area contributed by atoms with E-state index in [1.807, 2.05) is 35.5 Å². The van der Waals surface area contributed by atoms with E-state index < -0.39 is 0 Å². The summed E-state index contributed by atoms with van der Waals surface area (Å²) in [5, 5.41) is 0. The van der Waals surface area contributed by atoms with Crippen LogP contribution in [0.1, 0.15) is 41.6 Å². The molecule has 2 saturated heterocycles. The number of piperidine rings is 1. The van der Waals surface area contributed by atoms with Gasteiger partial charge in [0.2, 0.25) is 0 Å². The summed E-state index contributed by atoms with van der Waals surface area (Å²) < 4.78 is 0. The first-order chi connectivity index (χ1) is 12.8. The normalized spacial score (nSPS) is 20.4. The van der Waals surface area contributed by atoms with Crippen molar-refractivity contribution in [1.29, 1.82) is 0 Å². The van der Waals surface area contributed by atoms with E-state index in [0.29, 0.717) is 5.92 Å². The standard InChI is InChI=1S/C21H26N4O/c26-21(19-7-9-23-20(14-19)24-10-1-2-11-24)25-12-4-6-18(16-25)13-17-5-3-8-22-15-17/h3,5,7-9,14-15,18H,1-2,4,6,10-13,16H2/t18-/m0/s1. The summed E-state index contributed by atoms with van der Waals surface area (Å²) in [6, 6.07) is 7.93. The van der Waals surface area contributed by atoms with Crippen molar-refractivity contribution in [2.24, 2.45) is 5.92 Å². The molecular weight excluding hydrogens is 324 g/mol. The van der Waals surface area contributed by atoms with Crippen molar-refractivity contribution in [1.82, 2.24) is 14.9 Å². The fraction of sp³-hybridized carbons (Fsp3) is 0.476. The molecule has 2 fully saturated rings. The first kappa shape index (κ1) is 17.0. The third-order valence-electron chi connectivity index (χ3n) is 5.48. The molecule has 1 atom stereocenters. The number of rotatable bonds is 4. The summed E-state index contributed by atoms with van der Waals surface area (Å²) in [5.74, 6) is 1.60. The number of carbonyl (C=O) groups excluding carboxylic acids is 1. The van der Waals surface area contributed by atoms with Gasteiger partial charge in [0.05, 0.1) is 0 Å². The van der Waals surface area contributed by atoms with Crippen LogP contribution in [0.15, 0.2) is 42.9 Å². The van der Waals surface area contributed by atoms with Crippen molar-refractivity contribution in [3.8, 4) is 0 Å². The molecule has 2 aliphatic rings. The second kappa shape index (κ2) is 7.85. The Morgan fingerprint density at radius 2 is 2.00 bits per heavy atom. The van der Waals surface area contributed by atoms with E-state index in [4.69, 9.17) is 0 Å². The van der Waals surface area contributed by atoms with Crippen LogP contribution in [0, 0.1) is 5.92 Å². The maximum atomic E-state index is 13.0. The van der Waals surface area contributed by atoms with Gasteiger partial charge in [-0.3, -0.25) is 9.78 Å². The molecule has 0 spiro atoms. The Morgan fingerprint density at radius 1 is 1.12 bits per heavy atom. The van der Waals surface area contributed by atoms with E-state index in [1.54, 1.807) is 6.20 Å². The minimum atomic E-state index is 0.142. The van der Waals surface area contributed by atoms with E-state index in [9.17, 15) is 4.79 Å². The van der Waals surface area contributed by atoms with Gasteiger partial charge in [-0.25, -0.2) is 4.98 Å². The number of hydrogen-bond acceptors (Lipinski definition) is 4. The lowest BCUT2D eigenvalue weighted by Crippen LogP contribution is -2.40. The lowest BCUT2D eigenvalue weighted by molar-refractivity contribution is 0.0673. The van der Waals surface area contributed by atoms with Crippen molar-refractivity contribution >= 4 is 11.7 Å². The van der Waals surface area contributed by atoms with Crippen LogP contribution < -0.4 is 4.90 Å². The predicted molar refractivity (Wildman–Crippen MR) is 102 cm³/mol. The molecule has 2 aromatic rings. The molecule has 0 N–H and O–H groups in total. The highest BCUT2D eigenvalue weighted by molar-refractivity contribution is 5.95. The average Bonchev–Trinajstić information content (AvgIpc) is 3.23. The lowest BCUT2D eigenvalue weighted by Gasteiger charge is -2.33. The Labute approximate surface area is 155 Å². The van der Waals surface area contributed by atoms with Crippen LogP contribution in [-0.2, 0) is 6.42 Å². The van der Waals surface area contributed by atoms with Gasteiger partial charge in [0.15, 0.2) is 0 Å². The van der Waals surface area contributed by atoms with E-state index in [0.717, 1.165) is 50.4 Å². The highest BCUT2D eigenvalue weighted by Gasteiger charge is 2.25. The second-order valence-corrected chi connectivity index (χ2v) is 7.42. The van der Waals surface area contributed by atoms with Gasteiger partial charge in [-0.1, -0.05) is 6.07 Å². The number of nitrogens with zero attached hydrogens (tertiary/aromatic N) is 4. The Morgan fingerprint density at radius 3 is 2.81 bits per heavy atom. The van der Waals surface area contributed by atoms with Crippen LogP contribution in [0.2, 0.25) is 0 Å². The predicted octanol–water partition coefficient (Wildman–Crippen LogP) is 3.17. The number of likely N-dealkylation sites (tertiary alicyclic amines) is 1. The molecule has 26 heavy (non-hydrogen) atoms. The van der Waals surface area contributed by atoms with Crippen molar-refractivity contribution in [2.75, 3.05) is 31.1 Å². The number of carbonyl (C=O) groups is 1. The van der Waals surface area contributed by atoms with Gasteiger partial charge in [0, 0.05) is 50.3 Å². The zero-order chi connectivity index (χ0) is 17.8. The summed E-state index contributed by atoms with van der Waals surface area (Å²) >= 11 is 0. The van der Waals surface area contributed by atoms with Crippen LogP contribution in [-0.4, -0.2) is 47.0 Å². The fourth-order valence-electron chi connectivity index (χ4n) is 4.12. The average molecular weight is 350 g/mol. The molecule has 1 amide bonds. The molecule has 0 aromatic carbocycles. The maximum absolute atomic E-state index is 13.0. The summed E-state index contributed by atoms with van der Waals surface area (Å²) in [4.78, 5) is 26.0. The van der Waals surface area contributed by atoms with Gasteiger partial charge in [-0.05, 0) is 61.8 Å². The summed E-state index contributed by atoms with van der Waals surface area (Å²) in [6.45, 7) is 3.77. The van der Waals surface area contributed by atoms with Gasteiger partial charge in [0.25, 0.3) is 5.91 Å². The third-order valence-corrected chi connectivity index (χ3v) is 5.48. The molecule has 0 radical (unpaired) electrons. The van der Waals surface area contributed by atoms with Crippen LogP contribution in [0.4, 0.5) is 5.82 Å². The topological polar surface area (TPSA) is 49.3 Å². The van der Waals surface area contributed by atoms with Gasteiger partial charge >= 0.3 is 0 Å². The number of aromatic nitrogens is 2. The first-order valence-corrected chi connectivity index (χ1v) is 9.69. The van der Waals surface area contributed by atoms with E-state index in [1.165, 1.54) is 24.8 Å². The van der Waals surface area contributed by atoms with Crippen molar-refractivity contribution in [3.63, 3.8) is 0 Å². The smallest absolute Gasteiger partial charge is 0.254 e. The van der Waals surface area contributed by atoms with Gasteiger partial charge in [-0.2, -0.15) is 0 Å². The monoisotopic (exact) mass is 350 g/mol. The SMILES string of the molecule is O=C(c1ccnc(N2CCCC2)c1)N1CCC[C@@H](Cc2cccnc2)C1. The van der Waals surface area contributed by atoms with Crippen LogP contribution in [0.25, 0.3) is 0 Å². The minimum Gasteiger partial charge on any atom is -0.357 e. The Bertz CT molecular complexity index is 743. The first-order valence-electron chi connectivity index (χ1n) is 9.69. The Hall–Kier alpha value is -2.43. The van der Waals surface area contributed by atoms with E-state index >= 15 is 0 Å². The summed E-state index contributed by atoms with van der Waals surface area (Å²) in [5.41, 5.74) is 2.02. The highest BCUT2D eigenvalue weighted by atomic mass is 16.2. The molecule has 136 valence electrons. The summed E-state index contributed by atoms with van der Waals surface area (Å²) in [6.07, 6.45) is 11.2. The van der Waals surface area contributed by atoms with Gasteiger partial charge in [-0.15, -0.1) is 0 Å². The molecule has 0 bridgehead atoms. The zero-order valence-corrected chi connectivity index (χ0v) is 15.2. The summed E-state index contributed by atoms with van der Waals surface area (Å²) in [7, 11) is 0. The Balaban J connectivity index is 1.43. The molecule has 4 rings (SSSR count). The largest absolute Gasteiger partial charge is 0.357 e. The number of pyridine rings is 2. The van der Waals surface area contributed by atoms with Gasteiger partial charge in [0.1, 0.15) is 5.82 Å². The van der Waals surface area contributed by atoms with Crippen LogP contribution in [0.3, 0.4) is 0 Å². The number of amides is 1. The third kappa shape index (κ3) is 3.87. The maximum Gasteiger partial charge on any atom is 0.254 e. The van der Waals surface area contributed by atoms with Crippen molar-refractivity contribution in [2.45, 2.75) is 32.1 Å². The number of anilines is 1. The molecule has 2 aliphatic heterocycles. The molecule has 5 nitrogen and oxygen atoms in total. The second-order valence-electron chi connectivity index (χ2n) is 7.42. The molecular formula is C21H26N4O. The van der Waals surface area contributed by atoms with Crippen LogP contribution >= 0.6 is 0 Å².